The van der Waals surface area contributed by atoms with Crippen molar-refractivity contribution in [2.75, 3.05) is 5.75 Å². The number of nitriles is 1. The molecule has 0 heterocycles. The lowest BCUT2D eigenvalue weighted by atomic mass is 10.2. The van der Waals surface area contributed by atoms with E-state index in [9.17, 15) is 5.11 Å². The first-order chi connectivity index (χ1) is 6.69. The van der Waals surface area contributed by atoms with Crippen LogP contribution in [0.5, 0.6) is 5.75 Å². The van der Waals surface area contributed by atoms with Gasteiger partial charge < -0.3 is 5.11 Å². The van der Waals surface area contributed by atoms with Crippen molar-refractivity contribution in [1.29, 1.82) is 5.26 Å². The number of hydrogen-bond donors (Lipinski definition) is 1. The Balaban J connectivity index is 3.00. The Morgan fingerprint density at radius 1 is 1.57 bits per heavy atom. The van der Waals surface area contributed by atoms with Gasteiger partial charge in [0.1, 0.15) is 5.75 Å². The molecular weight excluding hydrogens is 218 g/mol. The number of phenolic OH excluding ortho intramolecular Hbond substituents is 1. The van der Waals surface area contributed by atoms with Gasteiger partial charge in [-0.1, -0.05) is 18.5 Å². The normalized spacial score (nSPS) is 9.79. The lowest BCUT2D eigenvalue weighted by Gasteiger charge is -2.06. The van der Waals surface area contributed by atoms with Crippen molar-refractivity contribution >= 4 is 23.4 Å². The average molecular weight is 228 g/mol. The minimum atomic E-state index is 0.162. The van der Waals surface area contributed by atoms with Gasteiger partial charge in [-0.15, -0.1) is 11.8 Å². The predicted octanol–water partition coefficient (Wildman–Crippen LogP) is 3.22. The van der Waals surface area contributed by atoms with E-state index in [0.29, 0.717) is 15.7 Å². The first-order valence-electron chi connectivity index (χ1n) is 4.20. The van der Waals surface area contributed by atoms with Gasteiger partial charge in [0, 0.05) is 0 Å². The maximum atomic E-state index is 9.62. The van der Waals surface area contributed by atoms with Crippen molar-refractivity contribution in [2.24, 2.45) is 0 Å². The van der Waals surface area contributed by atoms with Crippen molar-refractivity contribution in [3.05, 3.63) is 22.7 Å². The fourth-order valence-electron chi connectivity index (χ4n) is 1.08. The molecule has 0 atom stereocenters. The number of aryl methyl sites for hydroxylation is 1. The van der Waals surface area contributed by atoms with Gasteiger partial charge >= 0.3 is 0 Å². The summed E-state index contributed by atoms with van der Waals surface area (Å²) in [6, 6.07) is 5.50. The molecule has 0 amide bonds. The zero-order chi connectivity index (χ0) is 10.6. The Hall–Kier alpha value is -0.850. The number of rotatable bonds is 3. The zero-order valence-electron chi connectivity index (χ0n) is 7.75. The minimum Gasteiger partial charge on any atom is -0.507 e. The highest BCUT2D eigenvalue weighted by atomic mass is 35.5. The second-order valence-corrected chi connectivity index (χ2v) is 4.12. The molecule has 0 bridgehead atoms. The van der Waals surface area contributed by atoms with Crippen LogP contribution in [0.2, 0.25) is 5.02 Å². The van der Waals surface area contributed by atoms with Crippen molar-refractivity contribution in [1.82, 2.24) is 0 Å². The van der Waals surface area contributed by atoms with Crippen LogP contribution < -0.4 is 0 Å². The largest absolute Gasteiger partial charge is 0.507 e. The molecule has 2 nitrogen and oxygen atoms in total. The quantitative estimate of drug-likeness (QED) is 0.807. The Morgan fingerprint density at radius 2 is 2.29 bits per heavy atom. The monoisotopic (exact) mass is 227 g/mol. The van der Waals surface area contributed by atoms with E-state index in [4.69, 9.17) is 16.9 Å². The zero-order valence-corrected chi connectivity index (χ0v) is 9.32. The first kappa shape index (κ1) is 11.2. The van der Waals surface area contributed by atoms with E-state index in [1.807, 2.05) is 19.1 Å². The third kappa shape index (κ3) is 2.57. The standard InChI is InChI=1S/C10H10ClNOS/c1-2-7-5-8(11)10(9(13)6-7)14-4-3-12/h5-6,13H,2,4H2,1H3. The predicted molar refractivity (Wildman–Crippen MR) is 58.8 cm³/mol. The molecule has 1 aromatic carbocycles. The summed E-state index contributed by atoms with van der Waals surface area (Å²) in [7, 11) is 0. The summed E-state index contributed by atoms with van der Waals surface area (Å²) in [5, 5.41) is 18.5. The van der Waals surface area contributed by atoms with Crippen LogP contribution in [0.1, 0.15) is 12.5 Å². The van der Waals surface area contributed by atoms with Crippen molar-refractivity contribution in [2.45, 2.75) is 18.2 Å². The van der Waals surface area contributed by atoms with E-state index in [0.717, 1.165) is 12.0 Å². The molecule has 0 aliphatic carbocycles. The van der Waals surface area contributed by atoms with Crippen molar-refractivity contribution in [3.8, 4) is 11.8 Å². The van der Waals surface area contributed by atoms with Gasteiger partial charge in [-0.3, -0.25) is 0 Å². The number of thioether (sulfide) groups is 1. The minimum absolute atomic E-state index is 0.162. The molecule has 1 aromatic rings. The lowest BCUT2D eigenvalue weighted by Crippen LogP contribution is -1.84. The molecule has 0 saturated heterocycles. The molecule has 4 heteroatoms. The van der Waals surface area contributed by atoms with E-state index in [2.05, 4.69) is 0 Å². The molecule has 1 rings (SSSR count). The summed E-state index contributed by atoms with van der Waals surface area (Å²) in [6.45, 7) is 1.99. The van der Waals surface area contributed by atoms with Crippen LogP contribution in [-0.4, -0.2) is 10.9 Å². The van der Waals surface area contributed by atoms with Crippen LogP contribution in [0.3, 0.4) is 0 Å². The molecule has 0 radical (unpaired) electrons. The maximum Gasteiger partial charge on any atom is 0.130 e. The van der Waals surface area contributed by atoms with Crippen LogP contribution in [0, 0.1) is 11.3 Å². The van der Waals surface area contributed by atoms with Gasteiger partial charge in [0.15, 0.2) is 0 Å². The van der Waals surface area contributed by atoms with Gasteiger partial charge in [0.05, 0.1) is 21.7 Å². The molecular formula is C10H10ClNOS. The molecule has 0 unspecified atom stereocenters. The third-order valence-electron chi connectivity index (χ3n) is 1.77. The fourth-order valence-corrected chi connectivity index (χ4v) is 2.10. The molecule has 0 aliphatic heterocycles. The maximum absolute atomic E-state index is 9.62. The van der Waals surface area contributed by atoms with Gasteiger partial charge in [0.25, 0.3) is 0 Å². The molecule has 14 heavy (non-hydrogen) atoms. The Morgan fingerprint density at radius 3 is 2.79 bits per heavy atom. The summed E-state index contributed by atoms with van der Waals surface area (Å²) in [5.41, 5.74) is 0.994. The Labute approximate surface area is 92.5 Å². The van der Waals surface area contributed by atoms with E-state index >= 15 is 0 Å². The fraction of sp³-hybridized carbons (Fsp3) is 0.300. The lowest BCUT2D eigenvalue weighted by molar-refractivity contribution is 0.462. The third-order valence-corrected chi connectivity index (χ3v) is 3.17. The van der Waals surface area contributed by atoms with Gasteiger partial charge in [-0.25, -0.2) is 0 Å². The Kier molecular flexibility index (Phi) is 4.12. The molecule has 74 valence electrons. The highest BCUT2D eigenvalue weighted by Crippen LogP contribution is 2.36. The summed E-state index contributed by atoms with van der Waals surface area (Å²) in [4.78, 5) is 0.588. The number of aromatic hydroxyl groups is 1. The summed E-state index contributed by atoms with van der Waals surface area (Å²) in [5.74, 6) is 0.452. The molecule has 0 saturated carbocycles. The van der Waals surface area contributed by atoms with Crippen LogP contribution >= 0.6 is 23.4 Å². The molecule has 0 spiro atoms. The van der Waals surface area contributed by atoms with Gasteiger partial charge in [0.2, 0.25) is 0 Å². The topological polar surface area (TPSA) is 44.0 Å². The highest BCUT2D eigenvalue weighted by Gasteiger charge is 2.08. The number of hydrogen-bond acceptors (Lipinski definition) is 3. The smallest absolute Gasteiger partial charge is 0.130 e. The molecule has 0 aromatic heterocycles. The van der Waals surface area contributed by atoms with E-state index in [-0.39, 0.29) is 5.75 Å². The number of halogens is 1. The van der Waals surface area contributed by atoms with Crippen molar-refractivity contribution < 1.29 is 5.11 Å². The van der Waals surface area contributed by atoms with Crippen LogP contribution in [0.4, 0.5) is 0 Å². The van der Waals surface area contributed by atoms with Crippen molar-refractivity contribution in [3.63, 3.8) is 0 Å². The second-order valence-electron chi connectivity index (χ2n) is 2.73. The van der Waals surface area contributed by atoms with E-state index < -0.39 is 0 Å². The number of nitrogens with zero attached hydrogens (tertiary/aromatic N) is 1. The second kappa shape index (κ2) is 5.14. The molecule has 0 fully saturated rings. The van der Waals surface area contributed by atoms with Crippen LogP contribution in [0.15, 0.2) is 17.0 Å². The molecule has 0 aliphatic rings. The van der Waals surface area contributed by atoms with E-state index in [1.165, 1.54) is 11.8 Å². The molecule has 1 N–H and O–H groups in total. The van der Waals surface area contributed by atoms with E-state index in [1.54, 1.807) is 6.07 Å². The summed E-state index contributed by atoms with van der Waals surface area (Å²) in [6.07, 6.45) is 0.830. The first-order valence-corrected chi connectivity index (χ1v) is 5.56. The summed E-state index contributed by atoms with van der Waals surface area (Å²) >= 11 is 7.21. The van der Waals surface area contributed by atoms with Crippen LogP contribution in [0.25, 0.3) is 0 Å². The SMILES string of the molecule is CCc1cc(O)c(SCC#N)c(Cl)c1. The highest BCUT2D eigenvalue weighted by molar-refractivity contribution is 7.99. The number of benzene rings is 1. The Bertz CT molecular complexity index is 350. The number of phenols is 1. The summed E-state index contributed by atoms with van der Waals surface area (Å²) < 4.78 is 0. The van der Waals surface area contributed by atoms with Gasteiger partial charge in [-0.2, -0.15) is 5.26 Å². The van der Waals surface area contributed by atoms with Crippen LogP contribution in [-0.2, 0) is 6.42 Å². The average Bonchev–Trinajstić information content (AvgIpc) is 2.16. The van der Waals surface area contributed by atoms with Gasteiger partial charge in [-0.05, 0) is 24.1 Å².